The summed E-state index contributed by atoms with van der Waals surface area (Å²) in [6, 6.07) is 22.4. The molecule has 23 heavy (non-hydrogen) atoms. The third-order valence-corrected chi connectivity index (χ3v) is 4.38. The second-order valence-electron chi connectivity index (χ2n) is 5.23. The van der Waals surface area contributed by atoms with Gasteiger partial charge in [0.05, 0.1) is 0 Å². The summed E-state index contributed by atoms with van der Waals surface area (Å²) in [5.41, 5.74) is 2.41. The van der Waals surface area contributed by atoms with Crippen molar-refractivity contribution < 1.29 is 9.53 Å². The Morgan fingerprint density at radius 1 is 0.826 bits per heavy atom. The van der Waals surface area contributed by atoms with Crippen LogP contribution in [0.25, 0.3) is 0 Å². The largest absolute Gasteiger partial charge is 0.457 e. The van der Waals surface area contributed by atoms with E-state index < -0.39 is 0 Å². The van der Waals surface area contributed by atoms with Crippen LogP contribution >= 0.6 is 15.9 Å². The number of halogens is 1. The molecule has 0 radical (unpaired) electrons. The van der Waals surface area contributed by atoms with Crippen molar-refractivity contribution in [3.63, 3.8) is 0 Å². The minimum atomic E-state index is -0.00281. The van der Waals surface area contributed by atoms with E-state index >= 15 is 0 Å². The maximum Gasteiger partial charge on any atom is 0.193 e. The van der Waals surface area contributed by atoms with Gasteiger partial charge >= 0.3 is 0 Å². The molecule has 0 bridgehead atoms. The number of rotatable bonds is 4. The molecule has 3 rings (SSSR count). The highest BCUT2D eigenvalue weighted by molar-refractivity contribution is 9.10. The molecule has 0 heterocycles. The Kier molecular flexibility index (Phi) is 4.58. The molecule has 0 atom stereocenters. The van der Waals surface area contributed by atoms with Gasteiger partial charge in [-0.05, 0) is 55.0 Å². The van der Waals surface area contributed by atoms with Gasteiger partial charge in [0, 0.05) is 15.6 Å². The first-order valence-electron chi connectivity index (χ1n) is 7.27. The first-order chi connectivity index (χ1) is 11.1. The second-order valence-corrected chi connectivity index (χ2v) is 6.09. The fourth-order valence-corrected chi connectivity index (χ4v) is 2.58. The van der Waals surface area contributed by atoms with Crippen LogP contribution < -0.4 is 4.74 Å². The molecular formula is C20H15BrO2. The number of hydrogen-bond donors (Lipinski definition) is 0. The molecule has 3 aromatic carbocycles. The van der Waals surface area contributed by atoms with Gasteiger partial charge in [-0.3, -0.25) is 4.79 Å². The molecule has 0 aliphatic heterocycles. The Hall–Kier alpha value is -2.39. The van der Waals surface area contributed by atoms with E-state index in [0.717, 1.165) is 15.8 Å². The zero-order valence-electron chi connectivity index (χ0n) is 12.6. The van der Waals surface area contributed by atoms with Crippen molar-refractivity contribution in [1.29, 1.82) is 0 Å². The Bertz CT molecular complexity index is 824. The van der Waals surface area contributed by atoms with Crippen LogP contribution in [0.4, 0.5) is 0 Å². The molecule has 0 saturated carbocycles. The topological polar surface area (TPSA) is 26.3 Å². The first kappa shape index (κ1) is 15.5. The average Bonchev–Trinajstić information content (AvgIpc) is 2.58. The Labute approximate surface area is 143 Å². The van der Waals surface area contributed by atoms with Crippen LogP contribution in [0.15, 0.2) is 77.3 Å². The van der Waals surface area contributed by atoms with Gasteiger partial charge in [0.2, 0.25) is 0 Å². The molecule has 0 fully saturated rings. The molecule has 0 aromatic heterocycles. The summed E-state index contributed by atoms with van der Waals surface area (Å²) >= 11 is 3.46. The van der Waals surface area contributed by atoms with Crippen LogP contribution in [0.3, 0.4) is 0 Å². The van der Waals surface area contributed by atoms with Crippen LogP contribution in [-0.2, 0) is 0 Å². The van der Waals surface area contributed by atoms with Crippen LogP contribution in [0.2, 0.25) is 0 Å². The third kappa shape index (κ3) is 3.69. The lowest BCUT2D eigenvalue weighted by molar-refractivity contribution is 0.103. The van der Waals surface area contributed by atoms with E-state index in [4.69, 9.17) is 4.74 Å². The summed E-state index contributed by atoms with van der Waals surface area (Å²) in [4.78, 5) is 12.5. The molecule has 0 saturated heterocycles. The Morgan fingerprint density at radius 3 is 2.09 bits per heavy atom. The van der Waals surface area contributed by atoms with Crippen molar-refractivity contribution >= 4 is 21.7 Å². The van der Waals surface area contributed by atoms with Gasteiger partial charge in [-0.25, -0.2) is 0 Å². The highest BCUT2D eigenvalue weighted by atomic mass is 79.9. The number of carbonyl (C=O) groups is 1. The second kappa shape index (κ2) is 6.80. The predicted octanol–water partition coefficient (Wildman–Crippen LogP) is 5.78. The van der Waals surface area contributed by atoms with Gasteiger partial charge in [-0.1, -0.05) is 46.3 Å². The summed E-state index contributed by atoms with van der Waals surface area (Å²) in [6.07, 6.45) is 0. The Morgan fingerprint density at radius 2 is 1.43 bits per heavy atom. The molecule has 0 spiro atoms. The predicted molar refractivity (Wildman–Crippen MR) is 95.3 cm³/mol. The van der Waals surface area contributed by atoms with Gasteiger partial charge in [-0.2, -0.15) is 0 Å². The van der Waals surface area contributed by atoms with Crippen LogP contribution in [-0.4, -0.2) is 5.78 Å². The lowest BCUT2D eigenvalue weighted by Gasteiger charge is -2.07. The van der Waals surface area contributed by atoms with E-state index in [1.165, 1.54) is 0 Å². The molecule has 0 aliphatic rings. The van der Waals surface area contributed by atoms with Crippen molar-refractivity contribution in [3.8, 4) is 11.5 Å². The molecule has 0 aliphatic carbocycles. The zero-order chi connectivity index (χ0) is 16.2. The summed E-state index contributed by atoms with van der Waals surface area (Å²) < 4.78 is 6.67. The van der Waals surface area contributed by atoms with Crippen LogP contribution in [0.5, 0.6) is 11.5 Å². The van der Waals surface area contributed by atoms with Crippen LogP contribution in [0, 0.1) is 6.92 Å². The fourth-order valence-electron chi connectivity index (χ4n) is 2.20. The van der Waals surface area contributed by atoms with Gasteiger partial charge in [-0.15, -0.1) is 0 Å². The number of ketones is 1. The third-order valence-electron chi connectivity index (χ3n) is 3.53. The fraction of sp³-hybridized carbons (Fsp3) is 0.0500. The van der Waals surface area contributed by atoms with Crippen molar-refractivity contribution in [2.24, 2.45) is 0 Å². The first-order valence-corrected chi connectivity index (χ1v) is 8.06. The summed E-state index contributed by atoms with van der Waals surface area (Å²) in [5, 5.41) is 0. The van der Waals surface area contributed by atoms with Crippen LogP contribution in [0.1, 0.15) is 21.5 Å². The zero-order valence-corrected chi connectivity index (χ0v) is 14.2. The number of aryl methyl sites for hydroxylation is 1. The molecule has 0 N–H and O–H groups in total. The summed E-state index contributed by atoms with van der Waals surface area (Å²) in [5.74, 6) is 1.48. The molecule has 0 unspecified atom stereocenters. The smallest absolute Gasteiger partial charge is 0.193 e. The van der Waals surface area contributed by atoms with Gasteiger partial charge < -0.3 is 4.74 Å². The van der Waals surface area contributed by atoms with E-state index in [1.807, 2.05) is 67.6 Å². The normalized spacial score (nSPS) is 10.3. The van der Waals surface area contributed by atoms with Crippen molar-refractivity contribution in [1.82, 2.24) is 0 Å². The standard InChI is InChI=1S/C20H15BrO2/c1-14-7-8-16(13-19(14)21)20(22)15-9-11-18(12-10-15)23-17-5-3-2-4-6-17/h2-13H,1H3. The number of benzene rings is 3. The number of carbonyl (C=O) groups excluding carboxylic acids is 1. The van der Waals surface area contributed by atoms with E-state index in [9.17, 15) is 4.79 Å². The molecule has 114 valence electrons. The molecule has 3 heteroatoms. The van der Waals surface area contributed by atoms with E-state index in [2.05, 4.69) is 15.9 Å². The minimum absolute atomic E-state index is 0.00281. The monoisotopic (exact) mass is 366 g/mol. The lowest BCUT2D eigenvalue weighted by Crippen LogP contribution is -2.01. The quantitative estimate of drug-likeness (QED) is 0.547. The highest BCUT2D eigenvalue weighted by Gasteiger charge is 2.10. The summed E-state index contributed by atoms with van der Waals surface area (Å²) in [7, 11) is 0. The SMILES string of the molecule is Cc1ccc(C(=O)c2ccc(Oc3ccccc3)cc2)cc1Br. The number of para-hydroxylation sites is 1. The molecule has 0 amide bonds. The van der Waals surface area contributed by atoms with Crippen molar-refractivity contribution in [2.45, 2.75) is 6.92 Å². The van der Waals surface area contributed by atoms with Crippen molar-refractivity contribution in [2.75, 3.05) is 0 Å². The average molecular weight is 367 g/mol. The minimum Gasteiger partial charge on any atom is -0.457 e. The Balaban J connectivity index is 1.78. The lowest BCUT2D eigenvalue weighted by atomic mass is 10.0. The maximum atomic E-state index is 12.5. The van der Waals surface area contributed by atoms with E-state index in [0.29, 0.717) is 16.9 Å². The molecular weight excluding hydrogens is 352 g/mol. The number of hydrogen-bond acceptors (Lipinski definition) is 2. The van der Waals surface area contributed by atoms with E-state index in [-0.39, 0.29) is 5.78 Å². The van der Waals surface area contributed by atoms with Gasteiger partial charge in [0.15, 0.2) is 5.78 Å². The summed E-state index contributed by atoms with van der Waals surface area (Å²) in [6.45, 7) is 1.99. The van der Waals surface area contributed by atoms with Crippen molar-refractivity contribution in [3.05, 3.63) is 94.0 Å². The number of ether oxygens (including phenoxy) is 1. The van der Waals surface area contributed by atoms with Gasteiger partial charge in [0.1, 0.15) is 11.5 Å². The highest BCUT2D eigenvalue weighted by Crippen LogP contribution is 2.23. The molecule has 3 aromatic rings. The van der Waals surface area contributed by atoms with Gasteiger partial charge in [0.25, 0.3) is 0 Å². The maximum absolute atomic E-state index is 12.5. The van der Waals surface area contributed by atoms with E-state index in [1.54, 1.807) is 12.1 Å². The molecule has 2 nitrogen and oxygen atoms in total.